The first-order valence-corrected chi connectivity index (χ1v) is 5.82. The lowest BCUT2D eigenvalue weighted by Gasteiger charge is -2.05. The average Bonchev–Trinajstić information content (AvgIpc) is 2.39. The smallest absolute Gasteiger partial charge is 0.275 e. The standard InChI is InChI=1S/C13H12N4O3/c1-8-5-10(3-4-12(8)17(19)20)16-13(18)11-7-14-9(2)6-15-11/h3-7H,1-2H3,(H,16,18). The van der Waals surface area contributed by atoms with Gasteiger partial charge in [-0.05, 0) is 26.0 Å². The Kier molecular flexibility index (Phi) is 3.69. The van der Waals surface area contributed by atoms with Crippen molar-refractivity contribution < 1.29 is 9.72 Å². The molecule has 0 saturated heterocycles. The number of anilines is 1. The van der Waals surface area contributed by atoms with E-state index in [2.05, 4.69) is 15.3 Å². The minimum absolute atomic E-state index is 0.0122. The highest BCUT2D eigenvalue weighted by molar-refractivity contribution is 6.02. The number of hydrogen-bond donors (Lipinski definition) is 1. The largest absolute Gasteiger partial charge is 0.321 e. The lowest BCUT2D eigenvalue weighted by atomic mass is 10.2. The third-order valence-electron chi connectivity index (χ3n) is 2.66. The molecule has 0 atom stereocenters. The second kappa shape index (κ2) is 5.43. The zero-order valence-corrected chi connectivity index (χ0v) is 11.0. The van der Waals surface area contributed by atoms with E-state index in [4.69, 9.17) is 0 Å². The summed E-state index contributed by atoms with van der Waals surface area (Å²) in [6, 6.07) is 4.37. The number of nitro groups is 1. The normalized spacial score (nSPS) is 10.1. The molecule has 0 radical (unpaired) electrons. The van der Waals surface area contributed by atoms with Gasteiger partial charge < -0.3 is 5.32 Å². The highest BCUT2D eigenvalue weighted by atomic mass is 16.6. The Bertz CT molecular complexity index is 668. The van der Waals surface area contributed by atoms with Crippen LogP contribution < -0.4 is 5.32 Å². The van der Waals surface area contributed by atoms with E-state index in [1.54, 1.807) is 13.8 Å². The number of nitrogens with one attached hydrogen (secondary N) is 1. The molecule has 20 heavy (non-hydrogen) atoms. The fraction of sp³-hybridized carbons (Fsp3) is 0.154. The van der Waals surface area contributed by atoms with Gasteiger partial charge in [-0.25, -0.2) is 4.98 Å². The lowest BCUT2D eigenvalue weighted by Crippen LogP contribution is -2.14. The van der Waals surface area contributed by atoms with Gasteiger partial charge in [-0.15, -0.1) is 0 Å². The van der Waals surface area contributed by atoms with Gasteiger partial charge in [0.05, 0.1) is 16.8 Å². The second-order valence-electron chi connectivity index (χ2n) is 4.26. The molecule has 0 fully saturated rings. The van der Waals surface area contributed by atoms with Crippen LogP contribution in [0, 0.1) is 24.0 Å². The van der Waals surface area contributed by atoms with Crippen LogP contribution in [0.5, 0.6) is 0 Å². The van der Waals surface area contributed by atoms with Crippen molar-refractivity contribution in [2.75, 3.05) is 5.32 Å². The number of hydrogen-bond acceptors (Lipinski definition) is 5. The molecule has 1 N–H and O–H groups in total. The van der Waals surface area contributed by atoms with Crippen LogP contribution in [0.25, 0.3) is 0 Å². The van der Waals surface area contributed by atoms with Crippen molar-refractivity contribution in [2.45, 2.75) is 13.8 Å². The van der Waals surface area contributed by atoms with Gasteiger partial charge in [-0.1, -0.05) is 0 Å². The summed E-state index contributed by atoms with van der Waals surface area (Å²) in [6.07, 6.45) is 2.87. The van der Waals surface area contributed by atoms with Crippen molar-refractivity contribution in [1.29, 1.82) is 0 Å². The summed E-state index contributed by atoms with van der Waals surface area (Å²) in [7, 11) is 0. The summed E-state index contributed by atoms with van der Waals surface area (Å²) in [5, 5.41) is 13.3. The van der Waals surface area contributed by atoms with Crippen LogP contribution in [0.4, 0.5) is 11.4 Å². The van der Waals surface area contributed by atoms with Gasteiger partial charge in [0.15, 0.2) is 0 Å². The van der Waals surface area contributed by atoms with Crippen molar-refractivity contribution in [1.82, 2.24) is 9.97 Å². The molecule has 1 aromatic heterocycles. The molecular formula is C13H12N4O3. The number of carbonyl (C=O) groups is 1. The van der Waals surface area contributed by atoms with Gasteiger partial charge >= 0.3 is 0 Å². The van der Waals surface area contributed by atoms with Gasteiger partial charge in [0, 0.05) is 23.5 Å². The molecular weight excluding hydrogens is 260 g/mol. The Morgan fingerprint density at radius 3 is 2.55 bits per heavy atom. The van der Waals surface area contributed by atoms with Gasteiger partial charge in [-0.3, -0.25) is 19.9 Å². The molecule has 2 rings (SSSR count). The number of benzene rings is 1. The fourth-order valence-electron chi connectivity index (χ4n) is 1.64. The molecule has 1 amide bonds. The molecule has 0 aliphatic rings. The minimum Gasteiger partial charge on any atom is -0.321 e. The van der Waals surface area contributed by atoms with Crippen LogP contribution in [-0.4, -0.2) is 20.8 Å². The summed E-state index contributed by atoms with van der Waals surface area (Å²) in [6.45, 7) is 3.38. The second-order valence-corrected chi connectivity index (χ2v) is 4.26. The molecule has 1 aromatic carbocycles. The third-order valence-corrected chi connectivity index (χ3v) is 2.66. The van der Waals surface area contributed by atoms with Crippen LogP contribution in [0.1, 0.15) is 21.7 Å². The molecule has 0 aliphatic heterocycles. The quantitative estimate of drug-likeness (QED) is 0.682. The number of aromatic nitrogens is 2. The number of aryl methyl sites for hydroxylation is 2. The Balaban J connectivity index is 2.18. The van der Waals surface area contributed by atoms with E-state index in [1.165, 1.54) is 30.6 Å². The van der Waals surface area contributed by atoms with E-state index in [1.807, 2.05) is 0 Å². The van der Waals surface area contributed by atoms with E-state index in [0.29, 0.717) is 16.9 Å². The number of rotatable bonds is 3. The van der Waals surface area contributed by atoms with E-state index in [9.17, 15) is 14.9 Å². The van der Waals surface area contributed by atoms with E-state index in [0.717, 1.165) is 0 Å². The van der Waals surface area contributed by atoms with Crippen LogP contribution in [0.15, 0.2) is 30.6 Å². The van der Waals surface area contributed by atoms with Crippen molar-refractivity contribution >= 4 is 17.3 Å². The molecule has 7 heteroatoms. The van der Waals surface area contributed by atoms with E-state index < -0.39 is 10.8 Å². The highest BCUT2D eigenvalue weighted by Crippen LogP contribution is 2.21. The summed E-state index contributed by atoms with van der Waals surface area (Å²) >= 11 is 0. The summed E-state index contributed by atoms with van der Waals surface area (Å²) in [5.74, 6) is -0.411. The van der Waals surface area contributed by atoms with Gasteiger partial charge in [-0.2, -0.15) is 0 Å². The molecule has 0 bridgehead atoms. The van der Waals surface area contributed by atoms with Gasteiger partial charge in [0.2, 0.25) is 0 Å². The fourth-order valence-corrected chi connectivity index (χ4v) is 1.64. The molecule has 0 aliphatic carbocycles. The number of amides is 1. The third kappa shape index (κ3) is 2.94. The predicted molar refractivity (Wildman–Crippen MR) is 72.6 cm³/mol. The molecule has 102 valence electrons. The van der Waals surface area contributed by atoms with Gasteiger partial charge in [0.25, 0.3) is 11.6 Å². The minimum atomic E-state index is -0.466. The van der Waals surface area contributed by atoms with Crippen LogP contribution in [0.3, 0.4) is 0 Å². The molecule has 2 aromatic rings. The summed E-state index contributed by atoms with van der Waals surface area (Å²) < 4.78 is 0. The Morgan fingerprint density at radius 1 is 1.25 bits per heavy atom. The van der Waals surface area contributed by atoms with Crippen LogP contribution in [-0.2, 0) is 0 Å². The number of nitrogens with zero attached hydrogens (tertiary/aromatic N) is 3. The van der Waals surface area contributed by atoms with Crippen molar-refractivity contribution in [2.24, 2.45) is 0 Å². The Morgan fingerprint density at radius 2 is 2.00 bits per heavy atom. The molecule has 0 spiro atoms. The Labute approximate surface area is 114 Å². The lowest BCUT2D eigenvalue weighted by molar-refractivity contribution is -0.385. The maximum atomic E-state index is 11.9. The first-order chi connectivity index (χ1) is 9.47. The van der Waals surface area contributed by atoms with Crippen molar-refractivity contribution in [3.05, 3.63) is 57.7 Å². The van der Waals surface area contributed by atoms with Crippen LogP contribution >= 0.6 is 0 Å². The van der Waals surface area contributed by atoms with Crippen LogP contribution in [0.2, 0.25) is 0 Å². The summed E-state index contributed by atoms with van der Waals surface area (Å²) in [5.41, 5.74) is 1.86. The Hall–Kier alpha value is -2.83. The van der Waals surface area contributed by atoms with Gasteiger partial charge in [0.1, 0.15) is 5.69 Å². The number of nitro benzene ring substituents is 1. The zero-order chi connectivity index (χ0) is 14.7. The molecule has 7 nitrogen and oxygen atoms in total. The maximum absolute atomic E-state index is 11.9. The highest BCUT2D eigenvalue weighted by Gasteiger charge is 2.12. The number of carbonyl (C=O) groups excluding carboxylic acids is 1. The molecule has 0 saturated carbocycles. The monoisotopic (exact) mass is 272 g/mol. The van der Waals surface area contributed by atoms with E-state index >= 15 is 0 Å². The average molecular weight is 272 g/mol. The topological polar surface area (TPSA) is 98.0 Å². The predicted octanol–water partition coefficient (Wildman–Crippen LogP) is 2.25. The van der Waals surface area contributed by atoms with E-state index in [-0.39, 0.29) is 11.4 Å². The first-order valence-electron chi connectivity index (χ1n) is 5.82. The molecule has 0 unspecified atom stereocenters. The SMILES string of the molecule is Cc1cnc(C(=O)Nc2ccc([N+](=O)[O-])c(C)c2)cn1. The molecule has 1 heterocycles. The zero-order valence-electron chi connectivity index (χ0n) is 11.0. The maximum Gasteiger partial charge on any atom is 0.275 e. The van der Waals surface area contributed by atoms with Crippen molar-refractivity contribution in [3.8, 4) is 0 Å². The first kappa shape index (κ1) is 13.6. The summed E-state index contributed by atoms with van der Waals surface area (Å²) in [4.78, 5) is 30.1. The van der Waals surface area contributed by atoms with Crippen molar-refractivity contribution in [3.63, 3.8) is 0 Å².